The second-order valence-corrected chi connectivity index (χ2v) is 8.72. The average molecular weight is 518 g/mol. The van der Waals surface area contributed by atoms with E-state index >= 15 is 0 Å². The molecule has 0 unspecified atom stereocenters. The number of imidazole rings is 1. The van der Waals surface area contributed by atoms with E-state index < -0.39 is 23.6 Å². The number of nitrogens with zero attached hydrogens (tertiary/aromatic N) is 4. The zero-order valence-corrected chi connectivity index (χ0v) is 18.3. The minimum absolute atomic E-state index is 0.00252. The largest absolute Gasteiger partial charge is 0.481 e. The van der Waals surface area contributed by atoms with E-state index in [9.17, 15) is 18.0 Å². The molecule has 1 aromatic carbocycles. The minimum atomic E-state index is -4.57. The van der Waals surface area contributed by atoms with Gasteiger partial charge in [0, 0.05) is 17.4 Å². The van der Waals surface area contributed by atoms with Crippen LogP contribution in [0.15, 0.2) is 35.1 Å². The van der Waals surface area contributed by atoms with Gasteiger partial charge in [0.2, 0.25) is 5.82 Å². The molecule has 1 N–H and O–H groups in total. The summed E-state index contributed by atoms with van der Waals surface area (Å²) in [5.74, 6) is -1.60. The Hall–Kier alpha value is -2.82. The number of hydrogen-bond acceptors (Lipinski definition) is 5. The summed E-state index contributed by atoms with van der Waals surface area (Å²) in [6, 6.07) is 3.86. The maximum atomic E-state index is 13.0. The zero-order valence-electron chi connectivity index (χ0n) is 16.1. The number of aliphatic carboxylic acids is 1. The van der Waals surface area contributed by atoms with Crippen LogP contribution < -0.4 is 0 Å². The van der Waals surface area contributed by atoms with Crippen molar-refractivity contribution in [2.45, 2.75) is 18.5 Å². The highest BCUT2D eigenvalue weighted by atomic mass is 35.5. The van der Waals surface area contributed by atoms with E-state index in [-0.39, 0.29) is 39.0 Å². The predicted octanol–water partition coefficient (Wildman–Crippen LogP) is 6.22. The molecule has 1 aliphatic rings. The average Bonchev–Trinajstić information content (AvgIpc) is 3.16. The van der Waals surface area contributed by atoms with Crippen LogP contribution in [0.1, 0.15) is 23.5 Å². The maximum Gasteiger partial charge on any atom is 0.417 e. The van der Waals surface area contributed by atoms with Gasteiger partial charge in [0.15, 0.2) is 5.65 Å². The van der Waals surface area contributed by atoms with Crippen LogP contribution >= 0.6 is 34.8 Å². The molecule has 0 bridgehead atoms. The Morgan fingerprint density at radius 3 is 2.52 bits per heavy atom. The van der Waals surface area contributed by atoms with Gasteiger partial charge in [-0.3, -0.25) is 4.79 Å². The number of rotatable bonds is 4. The van der Waals surface area contributed by atoms with Gasteiger partial charge in [0.1, 0.15) is 5.69 Å². The smallest absolute Gasteiger partial charge is 0.417 e. The van der Waals surface area contributed by atoms with Gasteiger partial charge in [-0.2, -0.15) is 18.2 Å². The third kappa shape index (κ3) is 3.92. The Morgan fingerprint density at radius 1 is 1.09 bits per heavy atom. The lowest BCUT2D eigenvalue weighted by Gasteiger charge is -2.07. The highest BCUT2D eigenvalue weighted by Gasteiger charge is 2.45. The lowest BCUT2D eigenvalue weighted by molar-refractivity contribution is -0.139. The summed E-state index contributed by atoms with van der Waals surface area (Å²) in [5.41, 5.74) is 0.229. The maximum absolute atomic E-state index is 13.0. The van der Waals surface area contributed by atoms with E-state index in [1.54, 1.807) is 6.07 Å². The molecule has 0 spiro atoms. The Balaban J connectivity index is 1.49. The number of hydrogen-bond donors (Lipinski definition) is 1. The molecule has 2 atom stereocenters. The Morgan fingerprint density at radius 2 is 1.85 bits per heavy atom. The summed E-state index contributed by atoms with van der Waals surface area (Å²) in [7, 11) is 0. The van der Waals surface area contributed by atoms with E-state index in [1.165, 1.54) is 12.3 Å². The molecule has 0 radical (unpaired) electrons. The van der Waals surface area contributed by atoms with Crippen LogP contribution in [0, 0.1) is 5.92 Å². The molecule has 4 aromatic rings. The molecule has 1 fully saturated rings. The summed E-state index contributed by atoms with van der Waals surface area (Å²) in [4.78, 5) is 19.6. The number of carbonyl (C=O) groups is 1. The van der Waals surface area contributed by atoms with Crippen molar-refractivity contribution in [2.24, 2.45) is 5.92 Å². The quantitative estimate of drug-likeness (QED) is 0.345. The molecule has 0 saturated heterocycles. The van der Waals surface area contributed by atoms with Gasteiger partial charge in [-0.25, -0.2) is 4.98 Å². The highest BCUT2D eigenvalue weighted by Crippen LogP contribution is 2.51. The normalized spacial score (nSPS) is 18.1. The lowest BCUT2D eigenvalue weighted by atomic mass is 10.1. The second kappa shape index (κ2) is 7.61. The monoisotopic (exact) mass is 516 g/mol. The third-order valence-electron chi connectivity index (χ3n) is 5.31. The first-order chi connectivity index (χ1) is 15.5. The predicted molar refractivity (Wildman–Crippen MR) is 112 cm³/mol. The molecule has 5 rings (SSSR count). The van der Waals surface area contributed by atoms with Gasteiger partial charge < -0.3 is 14.0 Å². The molecule has 3 aromatic heterocycles. The number of halogens is 6. The fraction of sp³-hybridized carbons (Fsp3) is 0.200. The van der Waals surface area contributed by atoms with Crippen LogP contribution in [-0.4, -0.2) is 30.6 Å². The summed E-state index contributed by atoms with van der Waals surface area (Å²) in [5, 5.41) is 13.3. The van der Waals surface area contributed by atoms with Gasteiger partial charge in [-0.1, -0.05) is 40.0 Å². The Bertz CT molecular complexity index is 1430. The molecular weight excluding hydrogens is 508 g/mol. The van der Waals surface area contributed by atoms with Crippen LogP contribution in [0.2, 0.25) is 15.1 Å². The van der Waals surface area contributed by atoms with Crippen LogP contribution in [0.25, 0.3) is 28.6 Å². The fourth-order valence-electron chi connectivity index (χ4n) is 3.58. The van der Waals surface area contributed by atoms with Crippen molar-refractivity contribution < 1.29 is 27.6 Å². The molecule has 13 heteroatoms. The summed E-state index contributed by atoms with van der Waals surface area (Å²) in [6.45, 7) is 0. The van der Waals surface area contributed by atoms with Gasteiger partial charge in [0.25, 0.3) is 5.89 Å². The van der Waals surface area contributed by atoms with Gasteiger partial charge in [-0.15, -0.1) is 0 Å². The number of aromatic nitrogens is 4. The van der Waals surface area contributed by atoms with Crippen LogP contribution in [-0.2, 0) is 11.0 Å². The third-order valence-corrected chi connectivity index (χ3v) is 6.23. The van der Waals surface area contributed by atoms with E-state index in [1.807, 2.05) is 0 Å². The number of pyridine rings is 1. The van der Waals surface area contributed by atoms with E-state index in [0.29, 0.717) is 22.6 Å². The molecule has 0 aliphatic heterocycles. The minimum Gasteiger partial charge on any atom is -0.481 e. The van der Waals surface area contributed by atoms with Crippen molar-refractivity contribution in [3.8, 4) is 23.0 Å². The van der Waals surface area contributed by atoms with Crippen molar-refractivity contribution in [1.29, 1.82) is 0 Å². The van der Waals surface area contributed by atoms with Crippen molar-refractivity contribution in [2.75, 3.05) is 0 Å². The summed E-state index contributed by atoms with van der Waals surface area (Å²) < 4.78 is 45.5. The lowest BCUT2D eigenvalue weighted by Crippen LogP contribution is -2.06. The Kier molecular flexibility index (Phi) is 5.07. The van der Waals surface area contributed by atoms with Crippen molar-refractivity contribution in [1.82, 2.24) is 19.5 Å². The number of carboxylic acids is 1. The van der Waals surface area contributed by atoms with E-state index in [0.717, 1.165) is 16.7 Å². The first kappa shape index (κ1) is 22.0. The van der Waals surface area contributed by atoms with Crippen LogP contribution in [0.4, 0.5) is 13.2 Å². The molecule has 33 heavy (non-hydrogen) atoms. The van der Waals surface area contributed by atoms with Gasteiger partial charge >= 0.3 is 12.1 Å². The first-order valence-corrected chi connectivity index (χ1v) is 10.5. The van der Waals surface area contributed by atoms with Gasteiger partial charge in [0.05, 0.1) is 27.1 Å². The number of alkyl halides is 3. The first-order valence-electron chi connectivity index (χ1n) is 9.34. The standard InChI is InChI=1S/C20H10Cl3F3N4O3/c21-12-4-11(13(22)3-9(12)8-2-10(8)19(31)32)18-28-16(29-33-18)15-6-30-5-7(20(24,25)26)1-14(23)17(30)27-15/h1,3-6,8,10H,2H2,(H,31,32)/t8-,10+/m0/s1. The summed E-state index contributed by atoms with van der Waals surface area (Å²) >= 11 is 18.7. The highest BCUT2D eigenvalue weighted by molar-refractivity contribution is 6.36. The van der Waals surface area contributed by atoms with Crippen molar-refractivity contribution in [3.05, 3.63) is 56.8 Å². The SMILES string of the molecule is O=C(O)[C@@H]1C[C@H]1c1cc(Cl)c(-c2nc(-c3cn4cc(C(F)(F)F)cc(Cl)c4n3)no2)cc1Cl. The Labute approximate surface area is 197 Å². The van der Waals surface area contributed by atoms with E-state index in [4.69, 9.17) is 44.4 Å². The number of benzene rings is 1. The number of carboxylic acid groups (broad SMARTS) is 1. The van der Waals surface area contributed by atoms with Crippen molar-refractivity contribution in [3.63, 3.8) is 0 Å². The second-order valence-electron chi connectivity index (χ2n) is 7.50. The van der Waals surface area contributed by atoms with Crippen molar-refractivity contribution >= 4 is 46.4 Å². The number of fused-ring (bicyclic) bond motifs is 1. The summed E-state index contributed by atoms with van der Waals surface area (Å²) in [6.07, 6.45) is -1.95. The van der Waals surface area contributed by atoms with Crippen LogP contribution in [0.3, 0.4) is 0 Å². The molecule has 7 nitrogen and oxygen atoms in total. The van der Waals surface area contributed by atoms with Gasteiger partial charge in [-0.05, 0) is 36.1 Å². The fourth-order valence-corrected chi connectivity index (χ4v) is 4.39. The molecule has 0 amide bonds. The molecule has 1 aliphatic carbocycles. The molecule has 1 saturated carbocycles. The molecule has 3 heterocycles. The van der Waals surface area contributed by atoms with E-state index in [2.05, 4.69) is 15.1 Å². The molecular formula is C20H10Cl3F3N4O3. The topological polar surface area (TPSA) is 93.5 Å². The molecule has 170 valence electrons. The zero-order chi connectivity index (χ0) is 23.7. The van der Waals surface area contributed by atoms with Crippen LogP contribution in [0.5, 0.6) is 0 Å².